The van der Waals surface area contributed by atoms with Crippen LogP contribution >= 0.6 is 12.4 Å². The maximum absolute atomic E-state index is 11.8. The molecule has 0 heterocycles. The number of ether oxygens (including phenoxy) is 1. The molecular formula is C16H20ClNO2. The van der Waals surface area contributed by atoms with Gasteiger partial charge in [0.05, 0.1) is 6.61 Å². The third-order valence-corrected chi connectivity index (χ3v) is 3.13. The summed E-state index contributed by atoms with van der Waals surface area (Å²) in [7, 11) is 0. The number of benzene rings is 2. The van der Waals surface area contributed by atoms with E-state index in [-0.39, 0.29) is 18.4 Å². The highest BCUT2D eigenvalue weighted by molar-refractivity contribution is 5.86. The van der Waals surface area contributed by atoms with Gasteiger partial charge in [-0.15, -0.1) is 12.4 Å². The maximum Gasteiger partial charge on any atom is 0.327 e. The number of halogens is 1. The molecule has 0 spiro atoms. The minimum absolute atomic E-state index is 0. The predicted octanol–water partition coefficient (Wildman–Crippen LogP) is 3.60. The minimum atomic E-state index is -0.707. The third-order valence-electron chi connectivity index (χ3n) is 3.13. The zero-order chi connectivity index (χ0) is 13.7. The van der Waals surface area contributed by atoms with E-state index in [9.17, 15) is 4.79 Å². The molecule has 0 saturated heterocycles. The van der Waals surface area contributed by atoms with E-state index < -0.39 is 6.04 Å². The van der Waals surface area contributed by atoms with Gasteiger partial charge < -0.3 is 10.5 Å². The molecule has 0 radical (unpaired) electrons. The van der Waals surface area contributed by atoms with Crippen LogP contribution in [-0.4, -0.2) is 12.6 Å². The fraction of sp³-hybridized carbons (Fsp3) is 0.312. The van der Waals surface area contributed by atoms with Crippen LogP contribution in [0.25, 0.3) is 10.8 Å². The molecule has 2 aromatic rings. The molecule has 0 fully saturated rings. The normalized spacial score (nSPS) is 11.7. The molecule has 1 atom stereocenters. The Labute approximate surface area is 125 Å². The minimum Gasteiger partial charge on any atom is -0.464 e. The number of esters is 1. The zero-order valence-electron chi connectivity index (χ0n) is 11.5. The van der Waals surface area contributed by atoms with Gasteiger partial charge in [0.2, 0.25) is 0 Å². The first kappa shape index (κ1) is 16.5. The third kappa shape index (κ3) is 3.95. The van der Waals surface area contributed by atoms with Crippen molar-refractivity contribution < 1.29 is 9.53 Å². The van der Waals surface area contributed by atoms with E-state index in [1.54, 1.807) is 0 Å². The Morgan fingerprint density at radius 1 is 1.20 bits per heavy atom. The summed E-state index contributed by atoms with van der Waals surface area (Å²) in [4.78, 5) is 11.8. The van der Waals surface area contributed by atoms with Crippen LogP contribution in [0.15, 0.2) is 42.5 Å². The fourth-order valence-corrected chi connectivity index (χ4v) is 1.94. The highest BCUT2D eigenvalue weighted by atomic mass is 35.5. The quantitative estimate of drug-likeness (QED) is 0.677. The lowest BCUT2D eigenvalue weighted by Gasteiger charge is -2.12. The molecule has 1 unspecified atom stereocenters. The predicted molar refractivity (Wildman–Crippen MR) is 84.0 cm³/mol. The maximum atomic E-state index is 11.8. The van der Waals surface area contributed by atoms with Crippen molar-refractivity contribution >= 4 is 29.1 Å². The summed E-state index contributed by atoms with van der Waals surface area (Å²) >= 11 is 0. The van der Waals surface area contributed by atoms with Crippen LogP contribution in [-0.2, 0) is 9.53 Å². The molecule has 0 aromatic heterocycles. The lowest BCUT2D eigenvalue weighted by molar-refractivity contribution is -0.145. The van der Waals surface area contributed by atoms with Crippen LogP contribution < -0.4 is 5.73 Å². The number of unbranched alkanes of at least 4 members (excludes halogenated alkanes) is 1. The Balaban J connectivity index is 0.00000200. The van der Waals surface area contributed by atoms with Crippen molar-refractivity contribution in [3.63, 3.8) is 0 Å². The summed E-state index contributed by atoms with van der Waals surface area (Å²) in [5.41, 5.74) is 6.73. The van der Waals surface area contributed by atoms with Crippen LogP contribution in [0, 0.1) is 0 Å². The molecule has 2 N–H and O–H groups in total. The molecular weight excluding hydrogens is 274 g/mol. The first-order chi connectivity index (χ1) is 9.22. The van der Waals surface area contributed by atoms with Crippen molar-refractivity contribution in [1.82, 2.24) is 0 Å². The van der Waals surface area contributed by atoms with Crippen LogP contribution in [0.2, 0.25) is 0 Å². The number of carbonyl (C=O) groups excluding carboxylic acids is 1. The number of rotatable bonds is 5. The summed E-state index contributed by atoms with van der Waals surface area (Å²) in [6.07, 6.45) is 1.87. The van der Waals surface area contributed by atoms with Gasteiger partial charge >= 0.3 is 5.97 Å². The molecule has 0 aliphatic carbocycles. The number of hydrogen-bond donors (Lipinski definition) is 1. The van der Waals surface area contributed by atoms with E-state index >= 15 is 0 Å². The van der Waals surface area contributed by atoms with Crippen molar-refractivity contribution in [2.45, 2.75) is 25.8 Å². The highest BCUT2D eigenvalue weighted by Gasteiger charge is 2.17. The molecule has 0 saturated carbocycles. The summed E-state index contributed by atoms with van der Waals surface area (Å²) in [6.45, 7) is 2.49. The standard InChI is InChI=1S/C16H19NO2.ClH/c1-2-3-10-19-16(18)15(17)14-9-8-12-6-4-5-7-13(12)11-14;/h4-9,11,15H,2-3,10,17H2,1H3;1H. The van der Waals surface area contributed by atoms with Crippen molar-refractivity contribution in [3.8, 4) is 0 Å². The zero-order valence-corrected chi connectivity index (χ0v) is 12.4. The van der Waals surface area contributed by atoms with Gasteiger partial charge in [-0.25, -0.2) is 4.79 Å². The Morgan fingerprint density at radius 2 is 1.90 bits per heavy atom. The molecule has 3 nitrogen and oxygen atoms in total. The van der Waals surface area contributed by atoms with Gasteiger partial charge in [-0.05, 0) is 28.8 Å². The molecule has 0 aliphatic heterocycles. The second kappa shape index (κ2) is 7.88. The number of fused-ring (bicyclic) bond motifs is 1. The van der Waals surface area contributed by atoms with E-state index in [0.29, 0.717) is 6.61 Å². The molecule has 20 heavy (non-hydrogen) atoms. The molecule has 2 aromatic carbocycles. The van der Waals surface area contributed by atoms with Gasteiger partial charge in [-0.3, -0.25) is 0 Å². The van der Waals surface area contributed by atoms with Gasteiger partial charge in [0.15, 0.2) is 0 Å². The second-order valence-electron chi connectivity index (χ2n) is 4.61. The number of carbonyl (C=O) groups is 1. The van der Waals surface area contributed by atoms with Crippen LogP contribution in [0.5, 0.6) is 0 Å². The van der Waals surface area contributed by atoms with Crippen molar-refractivity contribution in [2.24, 2.45) is 5.73 Å². The molecule has 4 heteroatoms. The van der Waals surface area contributed by atoms with Gasteiger partial charge in [0.1, 0.15) is 6.04 Å². The van der Waals surface area contributed by atoms with E-state index in [2.05, 4.69) is 6.92 Å². The SMILES string of the molecule is CCCCOC(=O)C(N)c1ccc2ccccc2c1.Cl. The van der Waals surface area contributed by atoms with Crippen molar-refractivity contribution in [2.75, 3.05) is 6.61 Å². The summed E-state index contributed by atoms with van der Waals surface area (Å²) in [5, 5.41) is 2.22. The highest BCUT2D eigenvalue weighted by Crippen LogP contribution is 2.20. The van der Waals surface area contributed by atoms with E-state index in [4.69, 9.17) is 10.5 Å². The van der Waals surface area contributed by atoms with Gasteiger partial charge in [0, 0.05) is 0 Å². The average molecular weight is 294 g/mol. The molecule has 2 rings (SSSR count). The van der Waals surface area contributed by atoms with Gasteiger partial charge in [0.25, 0.3) is 0 Å². The van der Waals surface area contributed by atoms with Crippen LogP contribution in [0.3, 0.4) is 0 Å². The molecule has 0 bridgehead atoms. The largest absolute Gasteiger partial charge is 0.464 e. The molecule has 0 amide bonds. The Hall–Kier alpha value is -1.58. The smallest absolute Gasteiger partial charge is 0.327 e. The van der Waals surface area contributed by atoms with Crippen molar-refractivity contribution in [3.05, 3.63) is 48.0 Å². The van der Waals surface area contributed by atoms with E-state index in [0.717, 1.165) is 29.2 Å². The molecule has 0 aliphatic rings. The average Bonchev–Trinajstić information content (AvgIpc) is 2.46. The Bertz CT molecular complexity index is 571. The van der Waals surface area contributed by atoms with Gasteiger partial charge in [-0.2, -0.15) is 0 Å². The summed E-state index contributed by atoms with van der Waals surface area (Å²) in [6, 6.07) is 13.1. The van der Waals surface area contributed by atoms with E-state index in [1.165, 1.54) is 0 Å². The Morgan fingerprint density at radius 3 is 2.60 bits per heavy atom. The lowest BCUT2D eigenvalue weighted by atomic mass is 10.0. The number of hydrogen-bond acceptors (Lipinski definition) is 3. The first-order valence-corrected chi connectivity index (χ1v) is 6.63. The van der Waals surface area contributed by atoms with Crippen LogP contribution in [0.1, 0.15) is 31.4 Å². The lowest BCUT2D eigenvalue weighted by Crippen LogP contribution is -2.24. The molecule has 108 valence electrons. The summed E-state index contributed by atoms with van der Waals surface area (Å²) in [5.74, 6) is -0.358. The number of nitrogens with two attached hydrogens (primary N) is 1. The summed E-state index contributed by atoms with van der Waals surface area (Å²) < 4.78 is 5.15. The van der Waals surface area contributed by atoms with Crippen LogP contribution in [0.4, 0.5) is 0 Å². The first-order valence-electron chi connectivity index (χ1n) is 6.63. The fourth-order valence-electron chi connectivity index (χ4n) is 1.94. The monoisotopic (exact) mass is 293 g/mol. The topological polar surface area (TPSA) is 52.3 Å². The van der Waals surface area contributed by atoms with Crippen molar-refractivity contribution in [1.29, 1.82) is 0 Å². The second-order valence-corrected chi connectivity index (χ2v) is 4.61. The Kier molecular flexibility index (Phi) is 6.49. The van der Waals surface area contributed by atoms with E-state index in [1.807, 2.05) is 42.5 Å². The van der Waals surface area contributed by atoms with Gasteiger partial charge in [-0.1, -0.05) is 49.7 Å².